The normalized spacial score (nSPS) is 10.3. The first-order valence-electron chi connectivity index (χ1n) is 5.55. The highest BCUT2D eigenvalue weighted by molar-refractivity contribution is 7.81. The van der Waals surface area contributed by atoms with E-state index in [0.29, 0.717) is 21.4 Å². The second kappa shape index (κ2) is 6.33. The molecule has 0 atom stereocenters. The van der Waals surface area contributed by atoms with Gasteiger partial charge in [-0.1, -0.05) is 60.1 Å². The quantitative estimate of drug-likeness (QED) is 0.793. The van der Waals surface area contributed by atoms with Crippen molar-refractivity contribution in [3.63, 3.8) is 0 Å². The van der Waals surface area contributed by atoms with Crippen molar-refractivity contribution in [2.45, 2.75) is 0 Å². The molecule has 0 spiro atoms. The standard InChI is InChI=1S/C14H10Cl2NOS/c15-11-7-4-8-12(16)14(11)17(13(18)9-19)10-5-2-1-3-6-10/h1-8H,9H2. The Hall–Kier alpha value is -1.16. The minimum Gasteiger partial charge on any atom is -0.277 e. The summed E-state index contributed by atoms with van der Waals surface area (Å²) in [5.74, 6) is -0.285. The number of carbonyl (C=O) groups excluding carboxylic acids is 1. The molecule has 2 aromatic rings. The van der Waals surface area contributed by atoms with Gasteiger partial charge in [0.1, 0.15) is 0 Å². The molecule has 0 aromatic heterocycles. The van der Waals surface area contributed by atoms with E-state index in [1.54, 1.807) is 18.2 Å². The molecule has 0 heterocycles. The zero-order chi connectivity index (χ0) is 13.8. The van der Waals surface area contributed by atoms with Crippen molar-refractivity contribution >= 4 is 53.1 Å². The monoisotopic (exact) mass is 310 g/mol. The van der Waals surface area contributed by atoms with Crippen molar-refractivity contribution in [1.82, 2.24) is 0 Å². The molecule has 0 unspecified atom stereocenters. The summed E-state index contributed by atoms with van der Waals surface area (Å²) >= 11 is 17.2. The van der Waals surface area contributed by atoms with Gasteiger partial charge >= 0.3 is 0 Å². The number of benzene rings is 2. The highest BCUT2D eigenvalue weighted by Gasteiger charge is 2.21. The van der Waals surface area contributed by atoms with Gasteiger partial charge in [0.05, 0.1) is 21.5 Å². The lowest BCUT2D eigenvalue weighted by molar-refractivity contribution is -0.115. The van der Waals surface area contributed by atoms with Gasteiger partial charge in [0, 0.05) is 5.69 Å². The molecule has 1 radical (unpaired) electrons. The molecule has 0 N–H and O–H groups in total. The van der Waals surface area contributed by atoms with E-state index in [-0.39, 0.29) is 11.7 Å². The van der Waals surface area contributed by atoms with E-state index in [1.165, 1.54) is 4.90 Å². The van der Waals surface area contributed by atoms with Crippen molar-refractivity contribution in [2.75, 3.05) is 10.7 Å². The fourth-order valence-electron chi connectivity index (χ4n) is 1.74. The van der Waals surface area contributed by atoms with E-state index in [9.17, 15) is 4.79 Å². The lowest BCUT2D eigenvalue weighted by Crippen LogP contribution is -2.27. The second-order valence-corrected chi connectivity index (χ2v) is 4.88. The van der Waals surface area contributed by atoms with Crippen molar-refractivity contribution in [3.8, 4) is 0 Å². The molecule has 2 nitrogen and oxygen atoms in total. The Morgan fingerprint density at radius 1 is 1.00 bits per heavy atom. The number of carbonyl (C=O) groups is 1. The molecule has 0 aliphatic heterocycles. The van der Waals surface area contributed by atoms with Crippen LogP contribution in [0, 0.1) is 0 Å². The molecule has 0 saturated heterocycles. The summed E-state index contributed by atoms with van der Waals surface area (Å²) < 4.78 is 0. The van der Waals surface area contributed by atoms with Crippen molar-refractivity contribution in [3.05, 3.63) is 58.6 Å². The number of rotatable bonds is 3. The van der Waals surface area contributed by atoms with Gasteiger partial charge in [0.25, 0.3) is 0 Å². The average molecular weight is 311 g/mol. The molecule has 1 amide bonds. The number of anilines is 2. The molecule has 0 saturated carbocycles. The smallest absolute Gasteiger partial charge is 0.242 e. The fourth-order valence-corrected chi connectivity index (χ4v) is 2.44. The van der Waals surface area contributed by atoms with Crippen LogP contribution in [0.4, 0.5) is 11.4 Å². The third-order valence-electron chi connectivity index (χ3n) is 2.55. The topological polar surface area (TPSA) is 20.3 Å². The van der Waals surface area contributed by atoms with Gasteiger partial charge in [0.15, 0.2) is 0 Å². The van der Waals surface area contributed by atoms with Crippen molar-refractivity contribution < 1.29 is 4.79 Å². The van der Waals surface area contributed by atoms with Gasteiger partial charge in [-0.15, -0.1) is 0 Å². The number of halogens is 2. The lowest BCUT2D eigenvalue weighted by atomic mass is 10.2. The predicted molar refractivity (Wildman–Crippen MR) is 82.5 cm³/mol. The first-order chi connectivity index (χ1) is 9.15. The van der Waals surface area contributed by atoms with E-state index in [4.69, 9.17) is 35.8 Å². The minimum absolute atomic E-state index is 0.0452. The van der Waals surface area contributed by atoms with Crippen LogP contribution >= 0.6 is 35.8 Å². The first-order valence-corrected chi connectivity index (χ1v) is 6.88. The van der Waals surface area contributed by atoms with Gasteiger partial charge in [-0.05, 0) is 24.3 Å². The van der Waals surface area contributed by atoms with Gasteiger partial charge in [-0.25, -0.2) is 0 Å². The van der Waals surface area contributed by atoms with Crippen LogP contribution in [0.3, 0.4) is 0 Å². The number of hydrogen-bond donors (Lipinski definition) is 0. The van der Waals surface area contributed by atoms with Crippen LogP contribution in [-0.2, 0) is 4.79 Å². The molecule has 0 fully saturated rings. The third-order valence-corrected chi connectivity index (χ3v) is 3.41. The molecule has 97 valence electrons. The summed E-state index contributed by atoms with van der Waals surface area (Å²) in [6, 6.07) is 14.3. The third kappa shape index (κ3) is 3.06. The molecule has 19 heavy (non-hydrogen) atoms. The molecule has 0 bridgehead atoms. The van der Waals surface area contributed by atoms with E-state index < -0.39 is 0 Å². The number of amides is 1. The summed E-state index contributed by atoms with van der Waals surface area (Å²) in [5.41, 5.74) is 1.15. The molecule has 2 aromatic carbocycles. The Balaban J connectivity index is 2.59. The maximum Gasteiger partial charge on any atom is 0.242 e. The molecule has 0 aliphatic rings. The molecule has 0 aliphatic carbocycles. The zero-order valence-electron chi connectivity index (χ0n) is 9.85. The van der Waals surface area contributed by atoms with Gasteiger partial charge in [-0.2, -0.15) is 0 Å². The summed E-state index contributed by atoms with van der Waals surface area (Å²) in [6.45, 7) is 0. The SMILES string of the molecule is O=C(C[S])N(c1ccccc1)c1c(Cl)cccc1Cl. The van der Waals surface area contributed by atoms with Crippen LogP contribution in [0.2, 0.25) is 10.0 Å². The van der Waals surface area contributed by atoms with Crippen molar-refractivity contribution in [2.24, 2.45) is 0 Å². The van der Waals surface area contributed by atoms with Gasteiger partial charge in [0.2, 0.25) is 5.91 Å². The highest BCUT2D eigenvalue weighted by Crippen LogP contribution is 2.37. The van der Waals surface area contributed by atoms with Gasteiger partial charge in [-0.3, -0.25) is 9.69 Å². The van der Waals surface area contributed by atoms with E-state index in [1.807, 2.05) is 30.3 Å². The second-order valence-electron chi connectivity index (χ2n) is 3.78. The van der Waals surface area contributed by atoms with E-state index in [0.717, 1.165) is 0 Å². The summed E-state index contributed by atoms with van der Waals surface area (Å²) in [5, 5.41) is 0.821. The molecule has 2 rings (SSSR count). The van der Waals surface area contributed by atoms with Crippen LogP contribution in [0.5, 0.6) is 0 Å². The van der Waals surface area contributed by atoms with Crippen molar-refractivity contribution in [1.29, 1.82) is 0 Å². The molecule has 5 heteroatoms. The number of hydrogen-bond acceptors (Lipinski definition) is 1. The van der Waals surface area contributed by atoms with E-state index in [2.05, 4.69) is 0 Å². The van der Waals surface area contributed by atoms with Gasteiger partial charge < -0.3 is 0 Å². The number of para-hydroxylation sites is 2. The van der Waals surface area contributed by atoms with Crippen LogP contribution in [0.1, 0.15) is 0 Å². The Morgan fingerprint density at radius 3 is 2.11 bits per heavy atom. The van der Waals surface area contributed by atoms with Crippen LogP contribution in [0.25, 0.3) is 0 Å². The Morgan fingerprint density at radius 2 is 1.58 bits per heavy atom. The minimum atomic E-state index is -0.240. The fraction of sp³-hybridized carbons (Fsp3) is 0.0714. The Kier molecular flexibility index (Phi) is 4.75. The average Bonchev–Trinajstić information content (AvgIpc) is 2.43. The lowest BCUT2D eigenvalue weighted by Gasteiger charge is -2.24. The summed E-state index contributed by atoms with van der Waals surface area (Å²) in [7, 11) is 0. The highest BCUT2D eigenvalue weighted by atomic mass is 35.5. The largest absolute Gasteiger partial charge is 0.277 e. The van der Waals surface area contributed by atoms with E-state index >= 15 is 0 Å². The summed E-state index contributed by atoms with van der Waals surface area (Å²) in [4.78, 5) is 13.6. The zero-order valence-corrected chi connectivity index (χ0v) is 12.2. The maximum absolute atomic E-state index is 12.1. The van der Waals surface area contributed by atoms with Crippen LogP contribution in [-0.4, -0.2) is 11.7 Å². The predicted octanol–water partition coefficient (Wildman–Crippen LogP) is 4.86. The molecular weight excluding hydrogens is 301 g/mol. The van der Waals surface area contributed by atoms with Crippen LogP contribution in [0.15, 0.2) is 48.5 Å². The Bertz CT molecular complexity index is 569. The maximum atomic E-state index is 12.1. The Labute approximate surface area is 127 Å². The molecular formula is C14H10Cl2NOS. The van der Waals surface area contributed by atoms with Crippen LogP contribution < -0.4 is 4.90 Å². The summed E-state index contributed by atoms with van der Waals surface area (Å²) in [6.07, 6.45) is 0. The number of nitrogens with zero attached hydrogens (tertiary/aromatic N) is 1. The first kappa shape index (κ1) is 14.3.